The Morgan fingerprint density at radius 1 is 0.538 bits per heavy atom. The van der Waals surface area contributed by atoms with Crippen LogP contribution in [0.25, 0.3) is 0 Å². The third-order valence-electron chi connectivity index (χ3n) is 7.19. The molecule has 0 aromatic carbocycles. The van der Waals surface area contributed by atoms with Gasteiger partial charge in [-0.2, -0.15) is 0 Å². The van der Waals surface area contributed by atoms with Crippen molar-refractivity contribution >= 4 is 5.91 Å². The van der Waals surface area contributed by atoms with Crippen LogP contribution >= 0.6 is 0 Å². The fraction of sp³-hybridized carbons (Fsp3) is 0.958. The fourth-order valence-electron chi connectivity index (χ4n) is 5.49. The second kappa shape index (κ2) is 13.6. The van der Waals surface area contributed by atoms with E-state index >= 15 is 0 Å². The molecule has 152 valence electrons. The molecule has 2 unspecified atom stereocenters. The molecule has 0 radical (unpaired) electrons. The maximum Gasteiger partial charge on any atom is 0.222 e. The summed E-state index contributed by atoms with van der Waals surface area (Å²) < 4.78 is 0. The topological polar surface area (TPSA) is 29.1 Å². The van der Waals surface area contributed by atoms with Gasteiger partial charge < -0.3 is 5.32 Å². The van der Waals surface area contributed by atoms with Crippen molar-refractivity contribution in [2.75, 3.05) is 7.05 Å². The Bertz CT molecular complexity index is 357. The molecular formula is C24H45NO. The lowest BCUT2D eigenvalue weighted by molar-refractivity contribution is -0.125. The Balaban J connectivity index is 1.91. The summed E-state index contributed by atoms with van der Waals surface area (Å²) in [6.07, 6.45) is 26.3. The van der Waals surface area contributed by atoms with Gasteiger partial charge in [0.15, 0.2) is 0 Å². The van der Waals surface area contributed by atoms with E-state index in [0.29, 0.717) is 0 Å². The minimum absolute atomic E-state index is 0.268. The van der Waals surface area contributed by atoms with Gasteiger partial charge in [0.05, 0.1) is 0 Å². The molecule has 0 spiro atoms. The van der Waals surface area contributed by atoms with Crippen LogP contribution in [-0.4, -0.2) is 13.0 Å². The van der Waals surface area contributed by atoms with Gasteiger partial charge in [0.1, 0.15) is 0 Å². The first kappa shape index (κ1) is 21.8. The maximum absolute atomic E-state index is 12.2. The molecule has 2 nitrogen and oxygen atoms in total. The smallest absolute Gasteiger partial charge is 0.222 e. The van der Waals surface area contributed by atoms with Crippen LogP contribution in [0.2, 0.25) is 0 Å². The van der Waals surface area contributed by atoms with Gasteiger partial charge in [0, 0.05) is 13.0 Å². The quantitative estimate of drug-likeness (QED) is 0.561. The average Bonchev–Trinajstić information content (AvgIpc) is 2.66. The highest BCUT2D eigenvalue weighted by Gasteiger charge is 2.23. The number of nitrogens with one attached hydrogen (secondary N) is 1. The van der Waals surface area contributed by atoms with Crippen molar-refractivity contribution in [3.05, 3.63) is 0 Å². The van der Waals surface area contributed by atoms with Crippen molar-refractivity contribution < 1.29 is 4.79 Å². The first-order chi connectivity index (χ1) is 12.8. The third-order valence-corrected chi connectivity index (χ3v) is 7.19. The zero-order valence-corrected chi connectivity index (χ0v) is 17.6. The van der Waals surface area contributed by atoms with Gasteiger partial charge in [0.2, 0.25) is 5.91 Å². The van der Waals surface area contributed by atoms with Gasteiger partial charge in [0.25, 0.3) is 0 Å². The SMILES string of the molecule is CNC(=O)C1CCCCCCCC(C2CCCCCCCCC2)CCC1. The van der Waals surface area contributed by atoms with E-state index < -0.39 is 0 Å². The number of amides is 1. The van der Waals surface area contributed by atoms with Crippen LogP contribution in [0, 0.1) is 17.8 Å². The predicted octanol–water partition coefficient (Wildman–Crippen LogP) is 7.02. The van der Waals surface area contributed by atoms with E-state index in [4.69, 9.17) is 0 Å². The average molecular weight is 364 g/mol. The second-order valence-corrected chi connectivity index (χ2v) is 9.16. The Hall–Kier alpha value is -0.530. The standard InChI is InChI=1S/C24H45NO/c1-25-24(26)23-18-13-9-5-8-12-17-22(19-14-20-23)21-15-10-6-3-2-4-7-11-16-21/h21-23H,2-20H2,1H3,(H,25,26). The van der Waals surface area contributed by atoms with Crippen molar-refractivity contribution in [3.8, 4) is 0 Å². The van der Waals surface area contributed by atoms with Crippen LogP contribution < -0.4 is 5.32 Å². The molecule has 2 atom stereocenters. The summed E-state index contributed by atoms with van der Waals surface area (Å²) in [5.41, 5.74) is 0. The number of carbonyl (C=O) groups excluding carboxylic acids is 1. The summed E-state index contributed by atoms with van der Waals surface area (Å²) >= 11 is 0. The van der Waals surface area contributed by atoms with Crippen LogP contribution in [0.5, 0.6) is 0 Å². The van der Waals surface area contributed by atoms with E-state index in [9.17, 15) is 4.79 Å². The summed E-state index contributed by atoms with van der Waals surface area (Å²) in [5.74, 6) is 2.45. The maximum atomic E-state index is 12.2. The van der Waals surface area contributed by atoms with Crippen molar-refractivity contribution in [2.45, 2.75) is 122 Å². The molecule has 26 heavy (non-hydrogen) atoms. The zero-order chi connectivity index (χ0) is 18.5. The molecule has 2 aliphatic carbocycles. The van der Waals surface area contributed by atoms with Crippen molar-refractivity contribution in [2.24, 2.45) is 17.8 Å². The summed E-state index contributed by atoms with van der Waals surface area (Å²) in [5, 5.41) is 2.91. The van der Waals surface area contributed by atoms with E-state index in [1.165, 1.54) is 109 Å². The lowest BCUT2D eigenvalue weighted by atomic mass is 9.77. The molecule has 2 heteroatoms. The highest BCUT2D eigenvalue weighted by molar-refractivity contribution is 5.78. The minimum atomic E-state index is 0.268. The molecule has 1 amide bonds. The predicted molar refractivity (Wildman–Crippen MR) is 112 cm³/mol. The Labute approximate surface area is 163 Å². The second-order valence-electron chi connectivity index (χ2n) is 9.16. The first-order valence-corrected chi connectivity index (χ1v) is 12.0. The molecule has 0 aromatic rings. The Morgan fingerprint density at radius 2 is 0.885 bits per heavy atom. The molecule has 0 heterocycles. The minimum Gasteiger partial charge on any atom is -0.359 e. The molecule has 0 saturated heterocycles. The monoisotopic (exact) mass is 363 g/mol. The van der Waals surface area contributed by atoms with Crippen LogP contribution in [0.1, 0.15) is 122 Å². The van der Waals surface area contributed by atoms with Gasteiger partial charge in [-0.05, 0) is 24.7 Å². The highest BCUT2D eigenvalue weighted by atomic mass is 16.1. The molecule has 2 saturated carbocycles. The van der Waals surface area contributed by atoms with Gasteiger partial charge in [-0.15, -0.1) is 0 Å². The molecule has 2 rings (SSSR count). The van der Waals surface area contributed by atoms with Crippen LogP contribution in [0.15, 0.2) is 0 Å². The van der Waals surface area contributed by atoms with Gasteiger partial charge in [-0.1, -0.05) is 109 Å². The van der Waals surface area contributed by atoms with Crippen LogP contribution in [-0.2, 0) is 4.79 Å². The van der Waals surface area contributed by atoms with Crippen LogP contribution in [0.4, 0.5) is 0 Å². The van der Waals surface area contributed by atoms with Crippen molar-refractivity contribution in [1.82, 2.24) is 5.32 Å². The molecule has 2 aliphatic rings. The number of hydrogen-bond donors (Lipinski definition) is 1. The number of rotatable bonds is 2. The third kappa shape index (κ3) is 8.44. The van der Waals surface area contributed by atoms with Crippen molar-refractivity contribution in [3.63, 3.8) is 0 Å². The van der Waals surface area contributed by atoms with Gasteiger partial charge in [-0.25, -0.2) is 0 Å². The first-order valence-electron chi connectivity index (χ1n) is 12.0. The number of hydrogen-bond acceptors (Lipinski definition) is 1. The molecule has 0 bridgehead atoms. The summed E-state index contributed by atoms with van der Waals surface area (Å²) in [6.45, 7) is 0. The largest absolute Gasteiger partial charge is 0.359 e. The van der Waals surface area contributed by atoms with Crippen LogP contribution in [0.3, 0.4) is 0 Å². The zero-order valence-electron chi connectivity index (χ0n) is 17.6. The van der Waals surface area contributed by atoms with Crippen molar-refractivity contribution in [1.29, 1.82) is 0 Å². The van der Waals surface area contributed by atoms with E-state index in [0.717, 1.165) is 24.7 Å². The molecule has 0 aliphatic heterocycles. The molecular weight excluding hydrogens is 318 g/mol. The lowest BCUT2D eigenvalue weighted by Gasteiger charge is -2.29. The van der Waals surface area contributed by atoms with E-state index in [-0.39, 0.29) is 11.8 Å². The van der Waals surface area contributed by atoms with E-state index in [1.807, 2.05) is 0 Å². The van der Waals surface area contributed by atoms with E-state index in [2.05, 4.69) is 5.32 Å². The lowest BCUT2D eigenvalue weighted by Crippen LogP contribution is -2.27. The molecule has 0 aromatic heterocycles. The summed E-state index contributed by atoms with van der Waals surface area (Å²) in [4.78, 5) is 12.2. The highest BCUT2D eigenvalue weighted by Crippen LogP contribution is 2.35. The van der Waals surface area contributed by atoms with Gasteiger partial charge >= 0.3 is 0 Å². The molecule has 2 fully saturated rings. The Morgan fingerprint density at radius 3 is 1.35 bits per heavy atom. The molecule has 1 N–H and O–H groups in total. The summed E-state index contributed by atoms with van der Waals surface area (Å²) in [6, 6.07) is 0. The normalized spacial score (nSPS) is 29.1. The number of carbonyl (C=O) groups is 1. The Kier molecular flexibility index (Phi) is 11.4. The van der Waals surface area contributed by atoms with E-state index in [1.54, 1.807) is 7.05 Å². The van der Waals surface area contributed by atoms with Gasteiger partial charge in [-0.3, -0.25) is 4.79 Å². The summed E-state index contributed by atoms with van der Waals surface area (Å²) in [7, 11) is 1.81. The fourth-order valence-corrected chi connectivity index (χ4v) is 5.49.